The van der Waals surface area contributed by atoms with Gasteiger partial charge in [-0.1, -0.05) is 33.1 Å². The highest BCUT2D eigenvalue weighted by Gasteiger charge is 2.27. The lowest BCUT2D eigenvalue weighted by Crippen LogP contribution is -2.40. The van der Waals surface area contributed by atoms with Crippen molar-refractivity contribution in [2.24, 2.45) is 11.7 Å². The molecule has 2 rings (SSSR count). The quantitative estimate of drug-likeness (QED) is 0.782. The molecular formula is C15H30N2S. The summed E-state index contributed by atoms with van der Waals surface area (Å²) in [6.07, 6.45) is 8.06. The summed E-state index contributed by atoms with van der Waals surface area (Å²) < 4.78 is 0.473. The molecule has 2 fully saturated rings. The number of nitrogens with zero attached hydrogens (tertiary/aromatic N) is 1. The van der Waals surface area contributed by atoms with Crippen molar-refractivity contribution in [3.63, 3.8) is 0 Å². The van der Waals surface area contributed by atoms with Crippen LogP contribution in [-0.4, -0.2) is 41.1 Å². The summed E-state index contributed by atoms with van der Waals surface area (Å²) in [5, 5.41) is 0. The highest BCUT2D eigenvalue weighted by molar-refractivity contribution is 8.00. The van der Waals surface area contributed by atoms with Crippen molar-refractivity contribution in [3.05, 3.63) is 0 Å². The molecule has 1 aliphatic heterocycles. The molecule has 0 aromatic heterocycles. The van der Waals surface area contributed by atoms with Gasteiger partial charge < -0.3 is 10.6 Å². The fourth-order valence-corrected chi connectivity index (χ4v) is 4.35. The number of nitrogens with two attached hydrogens (primary N) is 1. The van der Waals surface area contributed by atoms with Crippen molar-refractivity contribution in [1.82, 2.24) is 4.90 Å². The van der Waals surface area contributed by atoms with Gasteiger partial charge in [0.05, 0.1) is 0 Å². The molecule has 0 bridgehead atoms. The van der Waals surface area contributed by atoms with Crippen LogP contribution in [0.1, 0.15) is 52.4 Å². The van der Waals surface area contributed by atoms with Crippen LogP contribution in [-0.2, 0) is 0 Å². The Bertz CT molecular complexity index is 255. The third-order valence-corrected chi connectivity index (χ3v) is 6.01. The summed E-state index contributed by atoms with van der Waals surface area (Å²) >= 11 is 2.14. The van der Waals surface area contributed by atoms with Gasteiger partial charge in [-0.25, -0.2) is 0 Å². The minimum Gasteiger partial charge on any atom is -0.327 e. The molecule has 0 amide bonds. The molecule has 1 heterocycles. The third kappa shape index (κ3) is 4.43. The van der Waals surface area contributed by atoms with E-state index in [0.29, 0.717) is 10.8 Å². The SMILES string of the molecule is CC1(C)CCN(CC2CCCCCC2N)CCS1. The average molecular weight is 270 g/mol. The molecule has 3 heteroatoms. The van der Waals surface area contributed by atoms with E-state index in [1.54, 1.807) is 0 Å². The summed E-state index contributed by atoms with van der Waals surface area (Å²) in [6, 6.07) is 0.455. The fourth-order valence-electron chi connectivity index (χ4n) is 3.22. The van der Waals surface area contributed by atoms with Crippen molar-refractivity contribution in [2.75, 3.05) is 25.4 Å². The second-order valence-corrected chi connectivity index (χ2v) is 8.52. The standard InChI is InChI=1S/C15H30N2S/c1-15(2)8-9-17(10-11-18-15)12-13-6-4-3-5-7-14(13)16/h13-14H,3-12,16H2,1-2H3. The van der Waals surface area contributed by atoms with Gasteiger partial charge in [-0.15, -0.1) is 0 Å². The Morgan fingerprint density at radius 1 is 1.17 bits per heavy atom. The Hall–Kier alpha value is 0.270. The van der Waals surface area contributed by atoms with Crippen LogP contribution in [0.3, 0.4) is 0 Å². The Morgan fingerprint density at radius 3 is 2.78 bits per heavy atom. The average Bonchev–Trinajstić information content (AvgIpc) is 2.60. The lowest BCUT2D eigenvalue weighted by atomic mass is 9.94. The van der Waals surface area contributed by atoms with E-state index in [4.69, 9.17) is 5.73 Å². The lowest BCUT2D eigenvalue weighted by Gasteiger charge is -2.29. The first-order valence-corrected chi connectivity index (χ1v) is 8.67. The van der Waals surface area contributed by atoms with Gasteiger partial charge in [-0.2, -0.15) is 11.8 Å². The van der Waals surface area contributed by atoms with E-state index in [-0.39, 0.29) is 0 Å². The van der Waals surface area contributed by atoms with E-state index in [2.05, 4.69) is 30.5 Å². The van der Waals surface area contributed by atoms with Crippen LogP contribution in [0.4, 0.5) is 0 Å². The maximum Gasteiger partial charge on any atom is 0.0116 e. The van der Waals surface area contributed by atoms with Gasteiger partial charge in [-0.05, 0) is 31.7 Å². The first-order valence-electron chi connectivity index (χ1n) is 7.69. The Morgan fingerprint density at radius 2 is 1.94 bits per heavy atom. The van der Waals surface area contributed by atoms with E-state index in [1.165, 1.54) is 63.9 Å². The summed E-state index contributed by atoms with van der Waals surface area (Å²) in [5.74, 6) is 2.04. The molecule has 1 aliphatic carbocycles. The number of hydrogen-bond donors (Lipinski definition) is 1. The van der Waals surface area contributed by atoms with Crippen molar-refractivity contribution < 1.29 is 0 Å². The van der Waals surface area contributed by atoms with Crippen molar-refractivity contribution in [2.45, 2.75) is 63.2 Å². The number of thioether (sulfide) groups is 1. The molecule has 0 radical (unpaired) electrons. The monoisotopic (exact) mass is 270 g/mol. The zero-order valence-electron chi connectivity index (χ0n) is 12.2. The van der Waals surface area contributed by atoms with Crippen LogP contribution >= 0.6 is 11.8 Å². The van der Waals surface area contributed by atoms with Crippen LogP contribution in [0.5, 0.6) is 0 Å². The van der Waals surface area contributed by atoms with Gasteiger partial charge >= 0.3 is 0 Å². The Labute approximate surface area is 117 Å². The summed E-state index contributed by atoms with van der Waals surface area (Å²) in [4.78, 5) is 2.68. The van der Waals surface area contributed by atoms with E-state index < -0.39 is 0 Å². The van der Waals surface area contributed by atoms with E-state index >= 15 is 0 Å². The summed E-state index contributed by atoms with van der Waals surface area (Å²) in [7, 11) is 0. The van der Waals surface area contributed by atoms with E-state index in [0.717, 1.165) is 5.92 Å². The molecule has 1 saturated carbocycles. The van der Waals surface area contributed by atoms with E-state index in [9.17, 15) is 0 Å². The molecular weight excluding hydrogens is 240 g/mol. The molecule has 0 aromatic carbocycles. The molecule has 106 valence electrons. The van der Waals surface area contributed by atoms with Crippen LogP contribution in [0, 0.1) is 5.92 Å². The van der Waals surface area contributed by atoms with Gasteiger partial charge in [0.2, 0.25) is 0 Å². The zero-order chi connectivity index (χ0) is 13.0. The maximum absolute atomic E-state index is 6.36. The molecule has 0 spiro atoms. The molecule has 18 heavy (non-hydrogen) atoms. The smallest absolute Gasteiger partial charge is 0.0116 e. The zero-order valence-corrected chi connectivity index (χ0v) is 13.0. The molecule has 0 aromatic rings. The van der Waals surface area contributed by atoms with Crippen molar-refractivity contribution in [1.29, 1.82) is 0 Å². The maximum atomic E-state index is 6.36. The second kappa shape index (κ2) is 6.62. The van der Waals surface area contributed by atoms with Crippen LogP contribution in [0.2, 0.25) is 0 Å². The van der Waals surface area contributed by atoms with Gasteiger partial charge in [0.1, 0.15) is 0 Å². The second-order valence-electron chi connectivity index (χ2n) is 6.72. The predicted octanol–water partition coefficient (Wildman–Crippen LogP) is 3.11. The van der Waals surface area contributed by atoms with Crippen molar-refractivity contribution >= 4 is 11.8 Å². The fraction of sp³-hybridized carbons (Fsp3) is 1.00. The third-order valence-electron chi connectivity index (χ3n) is 4.64. The molecule has 2 atom stereocenters. The van der Waals surface area contributed by atoms with Gasteiger partial charge in [0, 0.05) is 29.6 Å². The highest BCUT2D eigenvalue weighted by Crippen LogP contribution is 2.31. The Kier molecular flexibility index (Phi) is 5.40. The van der Waals surface area contributed by atoms with Crippen LogP contribution < -0.4 is 5.73 Å². The lowest BCUT2D eigenvalue weighted by molar-refractivity contribution is 0.214. The Balaban J connectivity index is 1.84. The van der Waals surface area contributed by atoms with E-state index in [1.807, 2.05) is 0 Å². The minimum atomic E-state index is 0.455. The molecule has 2 nitrogen and oxygen atoms in total. The number of rotatable bonds is 2. The topological polar surface area (TPSA) is 29.3 Å². The normalized spacial score (nSPS) is 34.8. The molecule has 2 N–H and O–H groups in total. The first kappa shape index (κ1) is 14.7. The number of hydrogen-bond acceptors (Lipinski definition) is 3. The molecule has 1 saturated heterocycles. The summed E-state index contributed by atoms with van der Waals surface area (Å²) in [5.41, 5.74) is 6.36. The van der Waals surface area contributed by atoms with Gasteiger partial charge in [0.15, 0.2) is 0 Å². The highest BCUT2D eigenvalue weighted by atomic mass is 32.2. The first-order chi connectivity index (χ1) is 8.57. The van der Waals surface area contributed by atoms with Crippen LogP contribution in [0.15, 0.2) is 0 Å². The predicted molar refractivity (Wildman–Crippen MR) is 82.1 cm³/mol. The molecule has 2 unspecified atom stereocenters. The van der Waals surface area contributed by atoms with Gasteiger partial charge in [0.25, 0.3) is 0 Å². The largest absolute Gasteiger partial charge is 0.327 e. The minimum absolute atomic E-state index is 0.455. The summed E-state index contributed by atoms with van der Waals surface area (Å²) in [6.45, 7) is 8.55. The van der Waals surface area contributed by atoms with Crippen LogP contribution in [0.25, 0.3) is 0 Å². The van der Waals surface area contributed by atoms with Gasteiger partial charge in [-0.3, -0.25) is 0 Å². The molecule has 2 aliphatic rings. The van der Waals surface area contributed by atoms with Crippen molar-refractivity contribution in [3.8, 4) is 0 Å².